The zero-order valence-electron chi connectivity index (χ0n) is 20.5. The van der Waals surface area contributed by atoms with Crippen molar-refractivity contribution in [2.45, 2.75) is 71.8 Å². The number of hydrogen-bond acceptors (Lipinski definition) is 6. The molecule has 0 spiro atoms. The average molecular weight is 463 g/mol. The van der Waals surface area contributed by atoms with Crippen molar-refractivity contribution in [3.63, 3.8) is 0 Å². The van der Waals surface area contributed by atoms with Crippen LogP contribution in [0, 0.1) is 5.92 Å². The average Bonchev–Trinajstić information content (AvgIpc) is 2.80. The zero-order valence-corrected chi connectivity index (χ0v) is 20.5. The van der Waals surface area contributed by atoms with Crippen molar-refractivity contribution in [3.05, 3.63) is 20.8 Å². The lowest BCUT2D eigenvalue weighted by atomic mass is 9.89. The van der Waals surface area contributed by atoms with Crippen LogP contribution in [-0.4, -0.2) is 71.1 Å². The van der Waals surface area contributed by atoms with E-state index in [2.05, 4.69) is 14.8 Å². The van der Waals surface area contributed by atoms with Gasteiger partial charge in [-0.3, -0.25) is 24.0 Å². The van der Waals surface area contributed by atoms with Crippen molar-refractivity contribution >= 4 is 17.4 Å². The number of H-pyrrole nitrogens is 1. The molecule has 33 heavy (non-hydrogen) atoms. The molecular weight excluding hydrogens is 420 g/mol. The second-order valence-electron chi connectivity index (χ2n) is 9.62. The molecular formula is C24H42N6O3. The molecule has 1 saturated carbocycles. The molecule has 0 radical (unpaired) electrons. The molecule has 0 unspecified atom stereocenters. The normalized spacial score (nSPS) is 18.5. The van der Waals surface area contributed by atoms with E-state index in [1.165, 1.54) is 48.1 Å². The number of nitrogens with two attached hydrogens (primary N) is 1. The lowest BCUT2D eigenvalue weighted by molar-refractivity contribution is -0.120. The van der Waals surface area contributed by atoms with Crippen molar-refractivity contribution in [2.24, 2.45) is 5.92 Å². The Morgan fingerprint density at radius 1 is 1.03 bits per heavy atom. The summed E-state index contributed by atoms with van der Waals surface area (Å²) in [5, 5.41) is 0. The molecule has 1 saturated heterocycles. The topological polar surface area (TPSA) is 108 Å². The van der Waals surface area contributed by atoms with Gasteiger partial charge in [0.05, 0.1) is 6.54 Å². The fraction of sp³-hybridized carbons (Fsp3) is 0.792. The van der Waals surface area contributed by atoms with Crippen molar-refractivity contribution in [1.82, 2.24) is 19.4 Å². The number of aromatic amines is 1. The van der Waals surface area contributed by atoms with E-state index in [9.17, 15) is 14.4 Å². The number of anilines is 2. The third-order valence-electron chi connectivity index (χ3n) is 7.03. The van der Waals surface area contributed by atoms with E-state index in [0.29, 0.717) is 19.5 Å². The molecule has 1 aromatic rings. The molecule has 186 valence electrons. The highest BCUT2D eigenvalue weighted by Crippen LogP contribution is 2.25. The Labute approximate surface area is 196 Å². The quantitative estimate of drug-likeness (QED) is 0.550. The molecule has 9 nitrogen and oxygen atoms in total. The van der Waals surface area contributed by atoms with Gasteiger partial charge in [-0.1, -0.05) is 39.5 Å². The van der Waals surface area contributed by atoms with Crippen molar-refractivity contribution in [2.75, 3.05) is 56.4 Å². The Balaban J connectivity index is 1.66. The third kappa shape index (κ3) is 6.69. The van der Waals surface area contributed by atoms with Gasteiger partial charge in [-0.25, -0.2) is 4.79 Å². The van der Waals surface area contributed by atoms with Gasteiger partial charge in [0.2, 0.25) is 5.91 Å². The largest absolute Gasteiger partial charge is 0.383 e. The van der Waals surface area contributed by atoms with Gasteiger partial charge in [-0.05, 0) is 31.6 Å². The summed E-state index contributed by atoms with van der Waals surface area (Å²) in [5.74, 6) is 0.764. The van der Waals surface area contributed by atoms with Crippen molar-refractivity contribution in [1.29, 1.82) is 0 Å². The van der Waals surface area contributed by atoms with Gasteiger partial charge in [0.15, 0.2) is 5.69 Å². The Morgan fingerprint density at radius 3 is 2.33 bits per heavy atom. The second kappa shape index (κ2) is 12.4. The van der Waals surface area contributed by atoms with Gasteiger partial charge >= 0.3 is 5.69 Å². The highest BCUT2D eigenvalue weighted by Gasteiger charge is 2.27. The van der Waals surface area contributed by atoms with Gasteiger partial charge in [0.1, 0.15) is 5.82 Å². The number of hydrogen-bond donors (Lipinski definition) is 2. The first-order valence-corrected chi connectivity index (χ1v) is 12.8. The molecule has 2 fully saturated rings. The van der Waals surface area contributed by atoms with Crippen LogP contribution in [0.1, 0.15) is 65.2 Å². The highest BCUT2D eigenvalue weighted by molar-refractivity contribution is 5.96. The van der Waals surface area contributed by atoms with Crippen LogP contribution in [-0.2, 0) is 11.3 Å². The summed E-state index contributed by atoms with van der Waals surface area (Å²) in [6.45, 7) is 9.86. The maximum absolute atomic E-state index is 13.3. The van der Waals surface area contributed by atoms with E-state index in [0.717, 1.165) is 44.9 Å². The minimum absolute atomic E-state index is 0.0763. The SMILES string of the molecule is CCCCN(C(=O)CN1CCN(CC2CCCCC2)CC1)c1c(N)n(CCC)c(=O)[nH]c1=O. The molecule has 3 N–H and O–H groups in total. The minimum atomic E-state index is -0.591. The first-order chi connectivity index (χ1) is 15.9. The number of unbranched alkanes of at least 4 members (excludes halogenated alkanes) is 1. The van der Waals surface area contributed by atoms with E-state index < -0.39 is 11.2 Å². The molecule has 1 aliphatic carbocycles. The number of amides is 1. The number of piperazine rings is 1. The van der Waals surface area contributed by atoms with Crippen LogP contribution in [0.4, 0.5) is 11.5 Å². The Bertz CT molecular complexity index is 881. The minimum Gasteiger partial charge on any atom is -0.383 e. The van der Waals surface area contributed by atoms with E-state index in [1.807, 2.05) is 13.8 Å². The maximum atomic E-state index is 13.3. The number of nitrogens with zero attached hydrogens (tertiary/aromatic N) is 4. The van der Waals surface area contributed by atoms with Gasteiger partial charge < -0.3 is 15.5 Å². The summed E-state index contributed by atoms with van der Waals surface area (Å²) in [7, 11) is 0. The summed E-state index contributed by atoms with van der Waals surface area (Å²) < 4.78 is 1.35. The van der Waals surface area contributed by atoms with Crippen LogP contribution in [0.3, 0.4) is 0 Å². The monoisotopic (exact) mass is 462 g/mol. The predicted molar refractivity (Wildman–Crippen MR) is 133 cm³/mol. The summed E-state index contributed by atoms with van der Waals surface area (Å²) in [4.78, 5) is 46.8. The fourth-order valence-corrected chi connectivity index (χ4v) is 5.10. The highest BCUT2D eigenvalue weighted by atomic mass is 16.2. The molecule has 3 rings (SSSR count). The molecule has 1 aromatic heterocycles. The van der Waals surface area contributed by atoms with Crippen LogP contribution >= 0.6 is 0 Å². The van der Waals surface area contributed by atoms with Gasteiger partial charge in [-0.15, -0.1) is 0 Å². The standard InChI is InChI=1S/C24H42N6O3/c1-3-5-12-29(21-22(25)30(11-4-2)24(33)26-23(21)32)20(31)18-28-15-13-27(14-16-28)17-19-9-7-6-8-10-19/h19H,3-18,25H2,1-2H3,(H,26,32,33). The number of nitrogens with one attached hydrogen (secondary N) is 1. The lowest BCUT2D eigenvalue weighted by Gasteiger charge is -2.37. The van der Waals surface area contributed by atoms with E-state index in [1.54, 1.807) is 0 Å². The zero-order chi connectivity index (χ0) is 23.8. The van der Waals surface area contributed by atoms with Crippen LogP contribution in [0.2, 0.25) is 0 Å². The number of carbonyl (C=O) groups is 1. The smallest absolute Gasteiger partial charge is 0.330 e. The number of aromatic nitrogens is 2. The van der Waals surface area contributed by atoms with E-state index in [-0.39, 0.29) is 24.0 Å². The molecule has 0 atom stereocenters. The molecule has 0 aromatic carbocycles. The summed E-state index contributed by atoms with van der Waals surface area (Å²) >= 11 is 0. The third-order valence-corrected chi connectivity index (χ3v) is 7.03. The maximum Gasteiger partial charge on any atom is 0.330 e. The van der Waals surface area contributed by atoms with Crippen LogP contribution in [0.15, 0.2) is 9.59 Å². The van der Waals surface area contributed by atoms with Crippen molar-refractivity contribution < 1.29 is 4.79 Å². The van der Waals surface area contributed by atoms with E-state index in [4.69, 9.17) is 5.73 Å². The molecule has 1 amide bonds. The Morgan fingerprint density at radius 2 is 1.70 bits per heavy atom. The first-order valence-electron chi connectivity index (χ1n) is 12.8. The summed E-state index contributed by atoms with van der Waals surface area (Å²) in [5.41, 5.74) is 5.24. The number of carbonyl (C=O) groups excluding carboxylic acids is 1. The van der Waals surface area contributed by atoms with Gasteiger partial charge in [-0.2, -0.15) is 0 Å². The molecule has 2 heterocycles. The summed E-state index contributed by atoms with van der Waals surface area (Å²) in [6, 6.07) is 0. The molecule has 9 heteroatoms. The molecule has 0 bridgehead atoms. The lowest BCUT2D eigenvalue weighted by Crippen LogP contribution is -2.52. The number of rotatable bonds is 10. The van der Waals surface area contributed by atoms with Crippen LogP contribution < -0.4 is 21.9 Å². The molecule has 1 aliphatic heterocycles. The summed E-state index contributed by atoms with van der Waals surface area (Å²) in [6.07, 6.45) is 9.14. The molecule has 2 aliphatic rings. The van der Waals surface area contributed by atoms with E-state index >= 15 is 0 Å². The van der Waals surface area contributed by atoms with Crippen molar-refractivity contribution in [3.8, 4) is 0 Å². The van der Waals surface area contributed by atoms with Gasteiger partial charge in [0, 0.05) is 45.8 Å². The van der Waals surface area contributed by atoms with Crippen LogP contribution in [0.25, 0.3) is 0 Å². The number of nitrogen functional groups attached to an aromatic ring is 1. The Kier molecular flexibility index (Phi) is 9.55. The van der Waals surface area contributed by atoms with Crippen LogP contribution in [0.5, 0.6) is 0 Å². The predicted octanol–water partition coefficient (Wildman–Crippen LogP) is 1.86. The first kappa shape index (κ1) is 25.5. The Hall–Kier alpha value is -2.13. The fourth-order valence-electron chi connectivity index (χ4n) is 5.10. The van der Waals surface area contributed by atoms with Gasteiger partial charge in [0.25, 0.3) is 5.56 Å². The second-order valence-corrected chi connectivity index (χ2v) is 9.62.